The predicted molar refractivity (Wildman–Crippen MR) is 423 cm³/mol. The van der Waals surface area contributed by atoms with Gasteiger partial charge in [0.05, 0.1) is 26.4 Å². The van der Waals surface area contributed by atoms with Crippen molar-refractivity contribution in [2.45, 2.75) is 458 Å². The van der Waals surface area contributed by atoms with Crippen LogP contribution in [-0.4, -0.2) is 96.7 Å². The number of carbonyl (C=O) groups excluding carboxylic acids is 4. The molecule has 0 fully saturated rings. The Morgan fingerprint density at radius 1 is 0.282 bits per heavy atom. The molecule has 103 heavy (non-hydrogen) atoms. The van der Waals surface area contributed by atoms with Crippen molar-refractivity contribution in [2.75, 3.05) is 39.6 Å². The van der Waals surface area contributed by atoms with Gasteiger partial charge in [0.25, 0.3) is 0 Å². The number of hydrogen-bond donors (Lipinski definition) is 3. The minimum absolute atomic E-state index is 0.107. The summed E-state index contributed by atoms with van der Waals surface area (Å²) in [6, 6.07) is 0. The number of hydrogen-bond acceptors (Lipinski definition) is 15. The van der Waals surface area contributed by atoms with Gasteiger partial charge in [0.15, 0.2) is 12.2 Å². The molecule has 0 aromatic rings. The Kier molecular flexibility index (Phi) is 72.8. The van der Waals surface area contributed by atoms with E-state index in [1.54, 1.807) is 0 Å². The van der Waals surface area contributed by atoms with Gasteiger partial charge in [-0.2, -0.15) is 0 Å². The summed E-state index contributed by atoms with van der Waals surface area (Å²) in [5.41, 5.74) is 0. The van der Waals surface area contributed by atoms with E-state index in [0.717, 1.165) is 108 Å². The third kappa shape index (κ3) is 76.6. The van der Waals surface area contributed by atoms with Gasteiger partial charge < -0.3 is 33.8 Å². The lowest BCUT2D eigenvalue weighted by atomic mass is 9.99. The van der Waals surface area contributed by atoms with Gasteiger partial charge in [-0.1, -0.05) is 389 Å². The quantitative estimate of drug-likeness (QED) is 0.0222. The molecule has 0 bridgehead atoms. The fraction of sp³-hybridized carbons (Fsp3) is 0.952. The number of aliphatic hydroxyl groups is 1. The molecule has 17 nitrogen and oxygen atoms in total. The minimum atomic E-state index is -4.97. The Labute approximate surface area is 632 Å². The summed E-state index contributed by atoms with van der Waals surface area (Å²) in [5.74, 6) is 0.319. The fourth-order valence-electron chi connectivity index (χ4n) is 13.0. The number of aliphatic hydroxyl groups excluding tert-OH is 1. The Bertz CT molecular complexity index is 1990. The molecular weight excluding hydrogens is 1340 g/mol. The molecule has 19 heteroatoms. The standard InChI is InChI=1S/C84H164O17P2/c1-8-10-11-12-13-14-15-30-37-44-51-58-65-81(86)94-71-80(101-84(89)68-61-54-47-40-33-26-28-35-42-49-56-63-76(5)6)74-99-103(92,93)97-70-78(85)69-96-102(90,91)98-73-79(72-95-82(87)66-59-52-45-38-31-24-21-20-23-29-36-43-50-57-64-77(7)9-2)100-83(88)67-60-53-46-39-32-25-19-17-16-18-22-27-34-41-48-55-62-75(3)4/h75-80,85H,8-74H2,1-7H3,(H,90,91)(H,92,93)/t77?,78-,79-,80-/m1/s1. The van der Waals surface area contributed by atoms with Crippen LogP contribution in [0.25, 0.3) is 0 Å². The smallest absolute Gasteiger partial charge is 0.462 e. The van der Waals surface area contributed by atoms with Crippen molar-refractivity contribution < 1.29 is 80.2 Å². The first-order chi connectivity index (χ1) is 49.8. The van der Waals surface area contributed by atoms with Crippen LogP contribution in [-0.2, 0) is 65.4 Å². The van der Waals surface area contributed by atoms with Crippen molar-refractivity contribution in [3.8, 4) is 0 Å². The lowest BCUT2D eigenvalue weighted by Gasteiger charge is -2.21. The number of phosphoric ester groups is 2. The van der Waals surface area contributed by atoms with Crippen LogP contribution in [0.15, 0.2) is 0 Å². The molecule has 6 atom stereocenters. The zero-order chi connectivity index (χ0) is 75.8. The molecule has 0 spiro atoms. The van der Waals surface area contributed by atoms with Crippen molar-refractivity contribution in [2.24, 2.45) is 17.8 Å². The molecule has 3 N–H and O–H groups in total. The van der Waals surface area contributed by atoms with E-state index in [4.69, 9.17) is 37.0 Å². The Hall–Kier alpha value is -1.94. The molecule has 0 aromatic carbocycles. The van der Waals surface area contributed by atoms with E-state index in [1.165, 1.54) is 250 Å². The van der Waals surface area contributed by atoms with E-state index in [1.807, 2.05) is 0 Å². The van der Waals surface area contributed by atoms with Crippen molar-refractivity contribution in [1.82, 2.24) is 0 Å². The molecule has 0 aliphatic rings. The van der Waals surface area contributed by atoms with E-state index in [2.05, 4.69) is 48.5 Å². The molecule has 0 rings (SSSR count). The van der Waals surface area contributed by atoms with Crippen LogP contribution < -0.4 is 0 Å². The van der Waals surface area contributed by atoms with Gasteiger partial charge in [-0.3, -0.25) is 37.3 Å². The van der Waals surface area contributed by atoms with Gasteiger partial charge >= 0.3 is 39.5 Å². The summed E-state index contributed by atoms with van der Waals surface area (Å²) in [5, 5.41) is 10.7. The fourth-order valence-corrected chi connectivity index (χ4v) is 14.6. The first kappa shape index (κ1) is 101. The second kappa shape index (κ2) is 74.2. The zero-order valence-electron chi connectivity index (χ0n) is 67.8. The first-order valence-electron chi connectivity index (χ1n) is 43.4. The SMILES string of the molecule is CCCCCCCCCCCCCCC(=O)OC[C@H](COP(=O)(O)OC[C@H](O)COP(=O)(O)OC[C@@H](COC(=O)CCCCCCCCCCCCCCCCC(C)CC)OC(=O)CCCCCCCCCCCCCCCCCCC(C)C)OC(=O)CCCCCCCCCCCCCC(C)C. The highest BCUT2D eigenvalue weighted by molar-refractivity contribution is 7.47. The zero-order valence-corrected chi connectivity index (χ0v) is 69.6. The molecule has 0 amide bonds. The van der Waals surface area contributed by atoms with Crippen LogP contribution in [0.2, 0.25) is 0 Å². The summed E-state index contributed by atoms with van der Waals surface area (Å²) in [7, 11) is -9.93. The molecule has 3 unspecified atom stereocenters. The third-order valence-corrected chi connectivity index (χ3v) is 21.9. The molecule has 612 valence electrons. The maximum Gasteiger partial charge on any atom is 0.472 e. The van der Waals surface area contributed by atoms with Gasteiger partial charge in [0, 0.05) is 25.7 Å². The van der Waals surface area contributed by atoms with E-state index < -0.39 is 97.5 Å². The van der Waals surface area contributed by atoms with E-state index >= 15 is 0 Å². The number of carbonyl (C=O) groups is 4. The van der Waals surface area contributed by atoms with E-state index in [-0.39, 0.29) is 25.7 Å². The summed E-state index contributed by atoms with van der Waals surface area (Å²) in [4.78, 5) is 73.2. The van der Waals surface area contributed by atoms with Gasteiger partial charge in [-0.15, -0.1) is 0 Å². The lowest BCUT2D eigenvalue weighted by molar-refractivity contribution is -0.161. The van der Waals surface area contributed by atoms with Gasteiger partial charge in [0.1, 0.15) is 19.3 Å². The molecular formula is C84H164O17P2. The number of esters is 4. The number of unbranched alkanes of at least 4 members (excludes halogenated alkanes) is 49. The van der Waals surface area contributed by atoms with Gasteiger partial charge in [0.2, 0.25) is 0 Å². The highest BCUT2D eigenvalue weighted by atomic mass is 31.2. The number of ether oxygens (including phenoxy) is 4. The monoisotopic (exact) mass is 1510 g/mol. The van der Waals surface area contributed by atoms with Crippen LogP contribution in [0.4, 0.5) is 0 Å². The summed E-state index contributed by atoms with van der Waals surface area (Å²) >= 11 is 0. The molecule has 0 aliphatic heterocycles. The summed E-state index contributed by atoms with van der Waals surface area (Å²) < 4.78 is 68.9. The first-order valence-corrected chi connectivity index (χ1v) is 46.4. The van der Waals surface area contributed by atoms with Crippen molar-refractivity contribution in [3.05, 3.63) is 0 Å². The minimum Gasteiger partial charge on any atom is -0.462 e. The van der Waals surface area contributed by atoms with Crippen LogP contribution >= 0.6 is 15.6 Å². The average molecular weight is 1510 g/mol. The van der Waals surface area contributed by atoms with Crippen LogP contribution in [0.5, 0.6) is 0 Å². The highest BCUT2D eigenvalue weighted by Crippen LogP contribution is 2.45. The van der Waals surface area contributed by atoms with Gasteiger partial charge in [-0.05, 0) is 43.4 Å². The van der Waals surface area contributed by atoms with E-state index in [0.29, 0.717) is 25.7 Å². The number of phosphoric acid groups is 2. The van der Waals surface area contributed by atoms with Crippen LogP contribution in [0, 0.1) is 17.8 Å². The largest absolute Gasteiger partial charge is 0.472 e. The predicted octanol–water partition coefficient (Wildman–Crippen LogP) is 25.3. The molecule has 0 heterocycles. The third-order valence-electron chi connectivity index (χ3n) is 20.0. The normalized spacial score (nSPS) is 14.2. The van der Waals surface area contributed by atoms with Crippen molar-refractivity contribution in [3.63, 3.8) is 0 Å². The molecule has 0 saturated heterocycles. The topological polar surface area (TPSA) is 237 Å². The second-order valence-electron chi connectivity index (χ2n) is 31.4. The number of rotatable bonds is 82. The Balaban J connectivity index is 5.26. The highest BCUT2D eigenvalue weighted by Gasteiger charge is 2.30. The summed E-state index contributed by atoms with van der Waals surface area (Å²) in [6.07, 6.45) is 63.6. The van der Waals surface area contributed by atoms with Crippen LogP contribution in [0.1, 0.15) is 440 Å². The Morgan fingerprint density at radius 2 is 0.495 bits per heavy atom. The molecule has 0 radical (unpaired) electrons. The molecule has 0 aromatic heterocycles. The van der Waals surface area contributed by atoms with Gasteiger partial charge in [-0.25, -0.2) is 9.13 Å². The Morgan fingerprint density at radius 3 is 0.738 bits per heavy atom. The van der Waals surface area contributed by atoms with Crippen molar-refractivity contribution in [1.29, 1.82) is 0 Å². The second-order valence-corrected chi connectivity index (χ2v) is 34.3. The van der Waals surface area contributed by atoms with E-state index in [9.17, 15) is 43.2 Å². The maximum absolute atomic E-state index is 13.1. The van der Waals surface area contributed by atoms with Crippen LogP contribution in [0.3, 0.4) is 0 Å². The summed E-state index contributed by atoms with van der Waals surface area (Å²) in [6.45, 7) is 12.1. The average Bonchev–Trinajstić information content (AvgIpc) is 0.925. The lowest BCUT2D eigenvalue weighted by Crippen LogP contribution is -2.30. The molecule has 0 saturated carbocycles. The maximum atomic E-state index is 13.1. The molecule has 0 aliphatic carbocycles. The van der Waals surface area contributed by atoms with Crippen molar-refractivity contribution >= 4 is 39.5 Å².